The summed E-state index contributed by atoms with van der Waals surface area (Å²) < 4.78 is 5.47. The molecule has 0 unspecified atom stereocenters. The number of amides is 2. The molecule has 0 heterocycles. The van der Waals surface area contributed by atoms with Crippen molar-refractivity contribution in [3.05, 3.63) is 42.0 Å². The average Bonchev–Trinajstić information content (AvgIpc) is 2.62. The van der Waals surface area contributed by atoms with E-state index in [9.17, 15) is 9.59 Å². The van der Waals surface area contributed by atoms with Crippen LogP contribution in [-0.4, -0.2) is 43.7 Å². The molecule has 0 fully saturated rings. The maximum atomic E-state index is 11.5. The fourth-order valence-corrected chi connectivity index (χ4v) is 2.41. The minimum Gasteiger partial charge on any atom is -0.484 e. The van der Waals surface area contributed by atoms with Crippen molar-refractivity contribution in [3.63, 3.8) is 0 Å². The zero-order valence-corrected chi connectivity index (χ0v) is 13.7. The van der Waals surface area contributed by atoms with Crippen LogP contribution >= 0.6 is 0 Å². The second kappa shape index (κ2) is 8.88. The fraction of sp³-hybridized carbons (Fsp3) is 0.333. The number of ether oxygens (including phenoxy) is 1. The van der Waals surface area contributed by atoms with Crippen molar-refractivity contribution in [2.75, 3.05) is 26.8 Å². The second-order valence-corrected chi connectivity index (χ2v) is 5.34. The quantitative estimate of drug-likeness (QED) is 0.674. The summed E-state index contributed by atoms with van der Waals surface area (Å²) in [6.07, 6.45) is 1.11. The van der Waals surface area contributed by atoms with Gasteiger partial charge < -0.3 is 20.5 Å². The van der Waals surface area contributed by atoms with Gasteiger partial charge in [0.05, 0.1) is 6.61 Å². The van der Waals surface area contributed by atoms with E-state index in [2.05, 4.69) is 10.6 Å². The Hall–Kier alpha value is -2.60. The van der Waals surface area contributed by atoms with Crippen LogP contribution in [0.4, 0.5) is 0 Å². The fourth-order valence-electron chi connectivity index (χ4n) is 2.41. The highest BCUT2D eigenvalue weighted by Crippen LogP contribution is 2.24. The molecule has 0 aromatic heterocycles. The molecular formula is C18H22N2O4. The highest BCUT2D eigenvalue weighted by Gasteiger charge is 2.06. The third kappa shape index (κ3) is 4.96. The highest BCUT2D eigenvalue weighted by molar-refractivity contribution is 5.87. The van der Waals surface area contributed by atoms with Gasteiger partial charge in [0.2, 0.25) is 5.91 Å². The summed E-state index contributed by atoms with van der Waals surface area (Å²) in [4.78, 5) is 22.9. The highest BCUT2D eigenvalue weighted by atomic mass is 16.5. The summed E-state index contributed by atoms with van der Waals surface area (Å²) in [5.74, 6) is 0.342. The van der Waals surface area contributed by atoms with Crippen molar-refractivity contribution >= 4 is 22.6 Å². The van der Waals surface area contributed by atoms with Crippen LogP contribution in [0.15, 0.2) is 36.4 Å². The summed E-state index contributed by atoms with van der Waals surface area (Å²) in [5.41, 5.74) is 1.10. The van der Waals surface area contributed by atoms with Crippen LogP contribution in [0.5, 0.6) is 5.75 Å². The molecule has 3 N–H and O–H groups in total. The van der Waals surface area contributed by atoms with Crippen LogP contribution in [-0.2, 0) is 16.0 Å². The van der Waals surface area contributed by atoms with E-state index in [0.29, 0.717) is 18.6 Å². The van der Waals surface area contributed by atoms with Gasteiger partial charge in [-0.05, 0) is 34.9 Å². The number of hydrogen-bond acceptors (Lipinski definition) is 4. The van der Waals surface area contributed by atoms with Gasteiger partial charge in [0, 0.05) is 20.0 Å². The molecule has 24 heavy (non-hydrogen) atoms. The number of rotatable bonds is 8. The summed E-state index contributed by atoms with van der Waals surface area (Å²) in [6, 6.07) is 11.5. The van der Waals surface area contributed by atoms with E-state index in [-0.39, 0.29) is 31.6 Å². The Labute approximate surface area is 140 Å². The topological polar surface area (TPSA) is 87.7 Å². The van der Waals surface area contributed by atoms with Crippen molar-refractivity contribution < 1.29 is 19.4 Å². The van der Waals surface area contributed by atoms with Crippen LogP contribution in [0.25, 0.3) is 10.8 Å². The molecule has 0 atom stereocenters. The average molecular weight is 330 g/mol. The molecule has 0 saturated carbocycles. The lowest BCUT2D eigenvalue weighted by Gasteiger charge is -2.10. The summed E-state index contributed by atoms with van der Waals surface area (Å²) in [5, 5.41) is 15.9. The Kier molecular flexibility index (Phi) is 6.57. The van der Waals surface area contributed by atoms with Crippen molar-refractivity contribution in [3.8, 4) is 5.75 Å². The lowest BCUT2D eigenvalue weighted by Crippen LogP contribution is -2.31. The summed E-state index contributed by atoms with van der Waals surface area (Å²) >= 11 is 0. The van der Waals surface area contributed by atoms with Gasteiger partial charge in [-0.25, -0.2) is 0 Å². The van der Waals surface area contributed by atoms with Crippen LogP contribution in [0.3, 0.4) is 0 Å². The Morgan fingerprint density at radius 1 is 1.17 bits per heavy atom. The monoisotopic (exact) mass is 330 g/mol. The Balaban J connectivity index is 2.05. The Bertz CT molecular complexity index is 715. The first kappa shape index (κ1) is 17.7. The minimum atomic E-state index is -0.275. The number of nitrogens with one attached hydrogen (secondary N) is 2. The molecule has 0 bridgehead atoms. The first-order valence-electron chi connectivity index (χ1n) is 7.86. The standard InChI is InChI=1S/C18H22N2O4/c1-19-17(22)8-5-13-3-2-4-14-11-15(6-7-16(13)14)24-12-18(23)20-9-10-21/h2-4,6-7,11,21H,5,8-10,12H2,1H3,(H,19,22)(H,20,23). The van der Waals surface area contributed by atoms with E-state index in [1.54, 1.807) is 7.05 Å². The van der Waals surface area contributed by atoms with Gasteiger partial charge >= 0.3 is 0 Å². The Morgan fingerprint density at radius 3 is 2.75 bits per heavy atom. The van der Waals surface area contributed by atoms with Crippen molar-refractivity contribution in [1.82, 2.24) is 10.6 Å². The first-order chi connectivity index (χ1) is 11.6. The van der Waals surface area contributed by atoms with Gasteiger partial charge in [-0.15, -0.1) is 0 Å². The molecule has 0 spiro atoms. The molecule has 0 aliphatic heterocycles. The van der Waals surface area contributed by atoms with Gasteiger partial charge in [0.25, 0.3) is 5.91 Å². The van der Waals surface area contributed by atoms with Gasteiger partial charge in [-0.1, -0.05) is 24.3 Å². The maximum Gasteiger partial charge on any atom is 0.258 e. The van der Waals surface area contributed by atoms with E-state index in [1.807, 2.05) is 36.4 Å². The lowest BCUT2D eigenvalue weighted by molar-refractivity contribution is -0.123. The van der Waals surface area contributed by atoms with E-state index in [0.717, 1.165) is 16.3 Å². The number of aliphatic hydroxyl groups is 1. The number of benzene rings is 2. The lowest BCUT2D eigenvalue weighted by atomic mass is 10.0. The predicted octanol–water partition coefficient (Wildman–Crippen LogP) is 1.01. The molecule has 6 nitrogen and oxygen atoms in total. The van der Waals surface area contributed by atoms with E-state index in [4.69, 9.17) is 9.84 Å². The molecule has 2 aromatic rings. The number of fused-ring (bicyclic) bond motifs is 1. The summed E-state index contributed by atoms with van der Waals surface area (Å²) in [6.45, 7) is 0.0248. The number of carbonyl (C=O) groups excluding carboxylic acids is 2. The molecule has 2 amide bonds. The number of aryl methyl sites for hydroxylation is 1. The zero-order valence-electron chi connectivity index (χ0n) is 13.7. The molecular weight excluding hydrogens is 308 g/mol. The van der Waals surface area contributed by atoms with E-state index < -0.39 is 0 Å². The number of aliphatic hydroxyl groups excluding tert-OH is 1. The first-order valence-corrected chi connectivity index (χ1v) is 7.86. The van der Waals surface area contributed by atoms with Crippen LogP contribution in [0.2, 0.25) is 0 Å². The second-order valence-electron chi connectivity index (χ2n) is 5.34. The van der Waals surface area contributed by atoms with Crippen LogP contribution in [0, 0.1) is 0 Å². The number of hydrogen-bond donors (Lipinski definition) is 3. The third-order valence-electron chi connectivity index (χ3n) is 3.65. The van der Waals surface area contributed by atoms with Gasteiger partial charge in [-0.2, -0.15) is 0 Å². The Morgan fingerprint density at radius 2 is 2.00 bits per heavy atom. The van der Waals surface area contributed by atoms with Crippen molar-refractivity contribution in [2.45, 2.75) is 12.8 Å². The third-order valence-corrected chi connectivity index (χ3v) is 3.65. The molecule has 2 rings (SSSR count). The molecule has 6 heteroatoms. The van der Waals surface area contributed by atoms with E-state index in [1.165, 1.54) is 0 Å². The van der Waals surface area contributed by atoms with Gasteiger partial charge in [-0.3, -0.25) is 9.59 Å². The van der Waals surface area contributed by atoms with Gasteiger partial charge in [0.15, 0.2) is 6.61 Å². The molecule has 0 aliphatic rings. The van der Waals surface area contributed by atoms with Crippen LogP contribution < -0.4 is 15.4 Å². The molecule has 128 valence electrons. The smallest absolute Gasteiger partial charge is 0.258 e. The van der Waals surface area contributed by atoms with Crippen molar-refractivity contribution in [2.24, 2.45) is 0 Å². The molecule has 0 aliphatic carbocycles. The molecule has 0 radical (unpaired) electrons. The minimum absolute atomic E-state index is 0.0147. The predicted molar refractivity (Wildman–Crippen MR) is 91.9 cm³/mol. The molecule has 0 saturated heterocycles. The SMILES string of the molecule is CNC(=O)CCc1cccc2cc(OCC(=O)NCCO)ccc12. The maximum absolute atomic E-state index is 11.5. The molecule has 2 aromatic carbocycles. The largest absolute Gasteiger partial charge is 0.484 e. The zero-order chi connectivity index (χ0) is 17.4. The summed E-state index contributed by atoms with van der Waals surface area (Å²) in [7, 11) is 1.63. The number of carbonyl (C=O) groups is 2. The van der Waals surface area contributed by atoms with Gasteiger partial charge in [0.1, 0.15) is 5.75 Å². The van der Waals surface area contributed by atoms with E-state index >= 15 is 0 Å². The normalized spacial score (nSPS) is 10.4. The van der Waals surface area contributed by atoms with Crippen molar-refractivity contribution in [1.29, 1.82) is 0 Å². The van der Waals surface area contributed by atoms with Crippen LogP contribution in [0.1, 0.15) is 12.0 Å².